The normalized spacial score (nSPS) is 18.5. The lowest BCUT2D eigenvalue weighted by atomic mass is 10.2. The van der Waals surface area contributed by atoms with E-state index < -0.39 is 10.0 Å². The smallest absolute Gasteiger partial charge is 0.243 e. The van der Waals surface area contributed by atoms with Gasteiger partial charge in [0.05, 0.1) is 17.7 Å². The van der Waals surface area contributed by atoms with Crippen molar-refractivity contribution in [1.82, 2.24) is 14.5 Å². The van der Waals surface area contributed by atoms with Crippen molar-refractivity contribution < 1.29 is 13.2 Å². The molecule has 0 bridgehead atoms. The quantitative estimate of drug-likeness (QED) is 0.782. The molecule has 2 heterocycles. The topological polar surface area (TPSA) is 75.6 Å². The molecule has 7 nitrogen and oxygen atoms in total. The summed E-state index contributed by atoms with van der Waals surface area (Å²) in [7, 11) is -1.93. The van der Waals surface area contributed by atoms with Gasteiger partial charge in [0.2, 0.25) is 10.0 Å². The van der Waals surface area contributed by atoms with Crippen LogP contribution in [0.2, 0.25) is 0 Å². The molecule has 2 aromatic rings. The molecule has 2 aliphatic rings. The molecule has 0 unspecified atom stereocenters. The molecule has 2 fully saturated rings. The van der Waals surface area contributed by atoms with Crippen molar-refractivity contribution in [2.75, 3.05) is 38.2 Å². The lowest BCUT2D eigenvalue weighted by Crippen LogP contribution is -2.49. The number of benzene rings is 1. The molecule has 1 aliphatic heterocycles. The Bertz CT molecular complexity index is 918. The standard InChI is InChI=1S/C19H24N4O3S/c1-14-13-16(5-7-18(14)26-2)27(24,25)23-11-9-22(10-12-23)19-8-6-17(20-21-19)15-3-4-15/h5-8,13,15H,3-4,9-12H2,1-2H3. The number of sulfonamides is 1. The molecule has 144 valence electrons. The molecule has 0 radical (unpaired) electrons. The molecule has 1 saturated carbocycles. The summed E-state index contributed by atoms with van der Waals surface area (Å²) in [5.74, 6) is 2.09. The molecular weight excluding hydrogens is 364 g/mol. The van der Waals surface area contributed by atoms with Crippen LogP contribution in [0.25, 0.3) is 0 Å². The number of aryl methyl sites for hydroxylation is 1. The highest BCUT2D eigenvalue weighted by Gasteiger charge is 2.30. The van der Waals surface area contributed by atoms with Crippen molar-refractivity contribution >= 4 is 15.8 Å². The number of piperazine rings is 1. The Kier molecular flexibility index (Phi) is 4.77. The van der Waals surface area contributed by atoms with E-state index in [4.69, 9.17) is 4.74 Å². The Morgan fingerprint density at radius 2 is 1.78 bits per heavy atom. The number of ether oxygens (including phenoxy) is 1. The first kappa shape index (κ1) is 18.2. The fourth-order valence-electron chi connectivity index (χ4n) is 3.42. The molecule has 0 atom stereocenters. The molecule has 1 saturated heterocycles. The third-order valence-electron chi connectivity index (χ3n) is 5.23. The summed E-state index contributed by atoms with van der Waals surface area (Å²) in [6.45, 7) is 3.91. The first-order chi connectivity index (χ1) is 13.0. The molecular formula is C19H24N4O3S. The maximum absolute atomic E-state index is 12.9. The molecule has 27 heavy (non-hydrogen) atoms. The second kappa shape index (κ2) is 7.09. The van der Waals surface area contributed by atoms with Gasteiger partial charge in [-0.15, -0.1) is 5.10 Å². The highest BCUT2D eigenvalue weighted by molar-refractivity contribution is 7.89. The van der Waals surface area contributed by atoms with Crippen LogP contribution in [0.1, 0.15) is 30.0 Å². The second-order valence-corrected chi connectivity index (χ2v) is 9.05. The molecule has 4 rings (SSSR count). The molecule has 1 aliphatic carbocycles. The second-order valence-electron chi connectivity index (χ2n) is 7.11. The third-order valence-corrected chi connectivity index (χ3v) is 7.13. The zero-order valence-corrected chi connectivity index (χ0v) is 16.4. The molecule has 8 heteroatoms. The molecule has 1 aromatic carbocycles. The number of methoxy groups -OCH3 is 1. The summed E-state index contributed by atoms with van der Waals surface area (Å²) >= 11 is 0. The lowest BCUT2D eigenvalue weighted by molar-refractivity contribution is 0.383. The average Bonchev–Trinajstić information content (AvgIpc) is 3.53. The van der Waals surface area contributed by atoms with Crippen molar-refractivity contribution in [2.24, 2.45) is 0 Å². The van der Waals surface area contributed by atoms with Gasteiger partial charge in [0.1, 0.15) is 5.75 Å². The fraction of sp³-hybridized carbons (Fsp3) is 0.474. The Hall–Kier alpha value is -2.19. The first-order valence-electron chi connectivity index (χ1n) is 9.22. The minimum absolute atomic E-state index is 0.308. The zero-order chi connectivity index (χ0) is 19.0. The largest absolute Gasteiger partial charge is 0.496 e. The van der Waals surface area contributed by atoms with Crippen LogP contribution in [-0.4, -0.2) is 56.2 Å². The van der Waals surface area contributed by atoms with E-state index in [1.54, 1.807) is 25.3 Å². The average molecular weight is 388 g/mol. The minimum Gasteiger partial charge on any atom is -0.496 e. The molecule has 0 N–H and O–H groups in total. The number of anilines is 1. The van der Waals surface area contributed by atoms with Gasteiger partial charge in [-0.1, -0.05) is 0 Å². The number of hydrogen-bond donors (Lipinski definition) is 0. The predicted octanol–water partition coefficient (Wildman–Crippen LogP) is 2.18. The van der Waals surface area contributed by atoms with Crippen LogP contribution in [0.3, 0.4) is 0 Å². The molecule has 0 amide bonds. The number of hydrogen-bond acceptors (Lipinski definition) is 6. The van der Waals surface area contributed by atoms with E-state index in [-0.39, 0.29) is 0 Å². The van der Waals surface area contributed by atoms with Crippen molar-refractivity contribution in [1.29, 1.82) is 0 Å². The highest BCUT2D eigenvalue weighted by atomic mass is 32.2. The van der Waals surface area contributed by atoms with E-state index >= 15 is 0 Å². The van der Waals surface area contributed by atoms with Crippen LogP contribution >= 0.6 is 0 Å². The van der Waals surface area contributed by atoms with E-state index in [1.165, 1.54) is 17.1 Å². The Morgan fingerprint density at radius 1 is 1.04 bits per heavy atom. The maximum Gasteiger partial charge on any atom is 0.243 e. The molecule has 1 aromatic heterocycles. The summed E-state index contributed by atoms with van der Waals surface area (Å²) in [6.07, 6.45) is 2.41. The van der Waals surface area contributed by atoms with Crippen molar-refractivity contribution in [3.8, 4) is 5.75 Å². The molecule has 0 spiro atoms. The van der Waals surface area contributed by atoms with Gasteiger partial charge in [-0.25, -0.2) is 8.42 Å². The van der Waals surface area contributed by atoms with Gasteiger partial charge in [0.25, 0.3) is 0 Å². The Morgan fingerprint density at radius 3 is 2.33 bits per heavy atom. The number of rotatable bonds is 5. The van der Waals surface area contributed by atoms with Gasteiger partial charge in [-0.05, 0) is 55.7 Å². The van der Waals surface area contributed by atoms with Crippen LogP contribution in [0.4, 0.5) is 5.82 Å². The maximum atomic E-state index is 12.9. The summed E-state index contributed by atoms with van der Waals surface area (Å²) in [5, 5.41) is 8.66. The predicted molar refractivity (Wildman–Crippen MR) is 103 cm³/mol. The lowest BCUT2D eigenvalue weighted by Gasteiger charge is -2.34. The summed E-state index contributed by atoms with van der Waals surface area (Å²) < 4.78 is 32.7. The minimum atomic E-state index is -3.51. The van der Waals surface area contributed by atoms with Gasteiger partial charge < -0.3 is 9.64 Å². The SMILES string of the molecule is COc1ccc(S(=O)(=O)N2CCN(c3ccc(C4CC4)nn3)CC2)cc1C. The monoisotopic (exact) mass is 388 g/mol. The van der Waals surface area contributed by atoms with Crippen molar-refractivity contribution in [2.45, 2.75) is 30.6 Å². The van der Waals surface area contributed by atoms with E-state index in [1.807, 2.05) is 19.1 Å². The van der Waals surface area contributed by atoms with E-state index in [0.717, 1.165) is 17.1 Å². The summed E-state index contributed by atoms with van der Waals surface area (Å²) in [5.41, 5.74) is 1.87. The van der Waals surface area contributed by atoms with Crippen LogP contribution in [0.15, 0.2) is 35.2 Å². The van der Waals surface area contributed by atoms with Crippen LogP contribution in [-0.2, 0) is 10.0 Å². The van der Waals surface area contributed by atoms with Crippen LogP contribution < -0.4 is 9.64 Å². The third kappa shape index (κ3) is 3.64. The number of aromatic nitrogens is 2. The fourth-order valence-corrected chi connectivity index (χ4v) is 4.93. The van der Waals surface area contributed by atoms with E-state index in [0.29, 0.717) is 42.7 Å². The van der Waals surface area contributed by atoms with E-state index in [9.17, 15) is 8.42 Å². The van der Waals surface area contributed by atoms with Crippen LogP contribution in [0, 0.1) is 6.92 Å². The number of nitrogens with zero attached hydrogens (tertiary/aromatic N) is 4. The van der Waals surface area contributed by atoms with Crippen molar-refractivity contribution in [3.05, 3.63) is 41.6 Å². The van der Waals surface area contributed by atoms with Gasteiger partial charge in [0.15, 0.2) is 5.82 Å². The van der Waals surface area contributed by atoms with Crippen molar-refractivity contribution in [3.63, 3.8) is 0 Å². The van der Waals surface area contributed by atoms with Gasteiger partial charge in [-0.2, -0.15) is 9.40 Å². The first-order valence-corrected chi connectivity index (χ1v) is 10.7. The summed E-state index contributed by atoms with van der Waals surface area (Å²) in [4.78, 5) is 2.40. The van der Waals surface area contributed by atoms with E-state index in [2.05, 4.69) is 15.1 Å². The Labute approximate surface area is 160 Å². The highest BCUT2D eigenvalue weighted by Crippen LogP contribution is 2.38. The van der Waals surface area contributed by atoms with Crippen LogP contribution in [0.5, 0.6) is 5.75 Å². The van der Waals surface area contributed by atoms with Gasteiger partial charge >= 0.3 is 0 Å². The van der Waals surface area contributed by atoms with Gasteiger partial charge in [0, 0.05) is 32.1 Å². The van der Waals surface area contributed by atoms with Gasteiger partial charge in [-0.3, -0.25) is 0 Å². The zero-order valence-electron chi connectivity index (χ0n) is 15.6. The Balaban J connectivity index is 1.44. The summed E-state index contributed by atoms with van der Waals surface area (Å²) in [6, 6.07) is 9.02.